The highest BCUT2D eigenvalue weighted by Crippen LogP contribution is 2.31. The second kappa shape index (κ2) is 7.85. The molecule has 1 saturated heterocycles. The van der Waals surface area contributed by atoms with Crippen molar-refractivity contribution in [1.82, 2.24) is 4.98 Å². The summed E-state index contributed by atoms with van der Waals surface area (Å²) in [7, 11) is 0. The first kappa shape index (κ1) is 19.3. The summed E-state index contributed by atoms with van der Waals surface area (Å²) >= 11 is 1.65. The Bertz CT molecular complexity index is 1300. The number of thiazole rings is 1. The summed E-state index contributed by atoms with van der Waals surface area (Å²) in [5, 5.41) is 3.86. The van der Waals surface area contributed by atoms with Crippen LogP contribution < -0.4 is 10.2 Å². The zero-order valence-electron chi connectivity index (χ0n) is 16.8. The molecule has 1 aliphatic rings. The number of carbonyl (C=O) groups is 2. The minimum Gasteiger partial charge on any atom is -0.447 e. The number of anilines is 2. The Hall–Kier alpha value is -3.71. The molecule has 7 heteroatoms. The lowest BCUT2D eigenvalue weighted by atomic mass is 10.1. The minimum atomic E-state index is -0.391. The van der Waals surface area contributed by atoms with Gasteiger partial charge >= 0.3 is 6.09 Å². The van der Waals surface area contributed by atoms with Crippen molar-refractivity contribution in [3.8, 4) is 10.6 Å². The second-order valence-electron chi connectivity index (χ2n) is 7.34. The third-order valence-electron chi connectivity index (χ3n) is 5.11. The molecule has 154 valence electrons. The van der Waals surface area contributed by atoms with E-state index < -0.39 is 6.09 Å². The van der Waals surface area contributed by atoms with Crippen LogP contribution in [-0.2, 0) is 4.74 Å². The zero-order valence-corrected chi connectivity index (χ0v) is 17.6. The number of hydrogen-bond acceptors (Lipinski definition) is 5. The molecule has 3 aromatic carbocycles. The van der Waals surface area contributed by atoms with Crippen LogP contribution in [-0.4, -0.2) is 30.1 Å². The number of aryl methyl sites for hydroxylation is 1. The maximum atomic E-state index is 12.7. The molecule has 5 rings (SSSR count). The highest BCUT2D eigenvalue weighted by atomic mass is 32.1. The van der Waals surface area contributed by atoms with Crippen LogP contribution >= 0.6 is 11.3 Å². The Morgan fingerprint density at radius 3 is 2.71 bits per heavy atom. The topological polar surface area (TPSA) is 71.5 Å². The van der Waals surface area contributed by atoms with E-state index in [4.69, 9.17) is 9.72 Å². The number of hydrogen-bond donors (Lipinski definition) is 1. The van der Waals surface area contributed by atoms with Crippen LogP contribution in [0.25, 0.3) is 20.8 Å². The molecular weight excluding hydrogens is 410 g/mol. The first-order valence-electron chi connectivity index (χ1n) is 9.90. The van der Waals surface area contributed by atoms with E-state index >= 15 is 0 Å². The Morgan fingerprint density at radius 2 is 1.94 bits per heavy atom. The minimum absolute atomic E-state index is 0.238. The third-order valence-corrected chi connectivity index (χ3v) is 6.18. The molecule has 31 heavy (non-hydrogen) atoms. The highest BCUT2D eigenvalue weighted by molar-refractivity contribution is 7.21. The number of amides is 2. The first-order valence-corrected chi connectivity index (χ1v) is 10.7. The van der Waals surface area contributed by atoms with E-state index in [-0.39, 0.29) is 5.91 Å². The third kappa shape index (κ3) is 3.87. The van der Waals surface area contributed by atoms with Gasteiger partial charge in [0.05, 0.1) is 16.8 Å². The fourth-order valence-corrected chi connectivity index (χ4v) is 4.57. The van der Waals surface area contributed by atoms with Crippen molar-refractivity contribution >= 4 is 44.9 Å². The van der Waals surface area contributed by atoms with Gasteiger partial charge in [0, 0.05) is 22.5 Å². The SMILES string of the molecule is Cc1ccc2nc(-c3ccc(NC(=O)c4cccc(N5CCOC5=O)c4)cc3)sc2c1. The fourth-order valence-electron chi connectivity index (χ4n) is 3.50. The predicted octanol–water partition coefficient (Wildman–Crippen LogP) is 5.48. The van der Waals surface area contributed by atoms with E-state index in [0.717, 1.165) is 20.8 Å². The Morgan fingerprint density at radius 1 is 1.10 bits per heavy atom. The first-order chi connectivity index (χ1) is 15.1. The van der Waals surface area contributed by atoms with Crippen LogP contribution in [0.2, 0.25) is 0 Å². The van der Waals surface area contributed by atoms with Crippen LogP contribution in [0.5, 0.6) is 0 Å². The molecule has 0 radical (unpaired) electrons. The van der Waals surface area contributed by atoms with Gasteiger partial charge in [-0.3, -0.25) is 9.69 Å². The summed E-state index contributed by atoms with van der Waals surface area (Å²) in [5.74, 6) is -0.238. The zero-order chi connectivity index (χ0) is 21.4. The number of rotatable bonds is 4. The predicted molar refractivity (Wildman–Crippen MR) is 123 cm³/mol. The lowest BCUT2D eigenvalue weighted by Crippen LogP contribution is -2.23. The van der Waals surface area contributed by atoms with Gasteiger partial charge in [0.15, 0.2) is 0 Å². The van der Waals surface area contributed by atoms with Gasteiger partial charge in [0.2, 0.25) is 0 Å². The van der Waals surface area contributed by atoms with Crippen LogP contribution in [0.15, 0.2) is 66.7 Å². The van der Waals surface area contributed by atoms with Gasteiger partial charge in [0.25, 0.3) is 5.91 Å². The molecule has 0 unspecified atom stereocenters. The van der Waals surface area contributed by atoms with Crippen molar-refractivity contribution in [2.75, 3.05) is 23.4 Å². The van der Waals surface area contributed by atoms with E-state index in [1.165, 1.54) is 10.5 Å². The number of carbonyl (C=O) groups excluding carboxylic acids is 2. The van der Waals surface area contributed by atoms with Gasteiger partial charge in [-0.15, -0.1) is 11.3 Å². The van der Waals surface area contributed by atoms with Crippen molar-refractivity contribution in [3.63, 3.8) is 0 Å². The summed E-state index contributed by atoms with van der Waals surface area (Å²) < 4.78 is 6.13. The van der Waals surface area contributed by atoms with Crippen LogP contribution in [0.1, 0.15) is 15.9 Å². The van der Waals surface area contributed by atoms with Gasteiger partial charge in [-0.05, 0) is 67.1 Å². The average molecular weight is 430 g/mol. The van der Waals surface area contributed by atoms with Crippen molar-refractivity contribution in [1.29, 1.82) is 0 Å². The Balaban J connectivity index is 1.32. The number of nitrogens with zero attached hydrogens (tertiary/aromatic N) is 2. The number of aromatic nitrogens is 1. The largest absolute Gasteiger partial charge is 0.447 e. The monoisotopic (exact) mass is 429 g/mol. The van der Waals surface area contributed by atoms with Crippen LogP contribution in [0.3, 0.4) is 0 Å². The van der Waals surface area contributed by atoms with E-state index in [0.29, 0.717) is 30.1 Å². The van der Waals surface area contributed by atoms with Crippen LogP contribution in [0, 0.1) is 6.92 Å². The summed E-state index contributed by atoms with van der Waals surface area (Å²) in [4.78, 5) is 30.7. The molecule has 4 aromatic rings. The number of ether oxygens (including phenoxy) is 1. The summed E-state index contributed by atoms with van der Waals surface area (Å²) in [5.41, 5.74) is 5.03. The van der Waals surface area contributed by atoms with Gasteiger partial charge in [-0.2, -0.15) is 0 Å². The van der Waals surface area contributed by atoms with Gasteiger partial charge < -0.3 is 10.1 Å². The lowest BCUT2D eigenvalue weighted by Gasteiger charge is -2.14. The van der Waals surface area contributed by atoms with E-state index in [9.17, 15) is 9.59 Å². The quantitative estimate of drug-likeness (QED) is 0.466. The fraction of sp³-hybridized carbons (Fsp3) is 0.125. The van der Waals surface area contributed by atoms with E-state index in [1.807, 2.05) is 30.3 Å². The average Bonchev–Trinajstić information content (AvgIpc) is 3.40. The van der Waals surface area contributed by atoms with Crippen LogP contribution in [0.4, 0.5) is 16.2 Å². The van der Waals surface area contributed by atoms with Crippen molar-refractivity contribution in [2.45, 2.75) is 6.92 Å². The molecule has 1 fully saturated rings. The van der Waals surface area contributed by atoms with E-state index in [2.05, 4.69) is 24.4 Å². The standard InChI is InChI=1S/C24H19N3O3S/c1-15-5-10-20-21(13-15)31-23(26-20)16-6-8-18(9-7-16)25-22(28)17-3-2-4-19(14-17)27-11-12-30-24(27)29/h2-10,13-14H,11-12H2,1H3,(H,25,28). The molecule has 0 spiro atoms. The number of fused-ring (bicyclic) bond motifs is 1. The molecule has 0 aliphatic carbocycles. The number of nitrogens with one attached hydrogen (secondary N) is 1. The molecule has 2 heterocycles. The van der Waals surface area contributed by atoms with Gasteiger partial charge in [-0.1, -0.05) is 12.1 Å². The second-order valence-corrected chi connectivity index (χ2v) is 8.37. The highest BCUT2D eigenvalue weighted by Gasteiger charge is 2.24. The van der Waals surface area contributed by atoms with Crippen molar-refractivity contribution in [2.24, 2.45) is 0 Å². The molecule has 1 N–H and O–H groups in total. The lowest BCUT2D eigenvalue weighted by molar-refractivity contribution is 0.102. The summed E-state index contributed by atoms with van der Waals surface area (Å²) in [6.45, 7) is 2.91. The number of cyclic esters (lactones) is 1. The molecule has 6 nitrogen and oxygen atoms in total. The maximum absolute atomic E-state index is 12.7. The molecule has 0 bridgehead atoms. The molecule has 0 saturated carbocycles. The van der Waals surface area contributed by atoms with E-state index in [1.54, 1.807) is 35.6 Å². The number of benzene rings is 3. The van der Waals surface area contributed by atoms with Gasteiger partial charge in [-0.25, -0.2) is 9.78 Å². The molecule has 0 atom stereocenters. The summed E-state index contributed by atoms with van der Waals surface area (Å²) in [6, 6.07) is 20.8. The smallest absolute Gasteiger partial charge is 0.414 e. The van der Waals surface area contributed by atoms with Crippen molar-refractivity contribution < 1.29 is 14.3 Å². The normalized spacial score (nSPS) is 13.5. The molecular formula is C24H19N3O3S. The molecule has 1 aromatic heterocycles. The molecule has 2 amide bonds. The van der Waals surface area contributed by atoms with Crippen molar-refractivity contribution in [3.05, 3.63) is 77.9 Å². The van der Waals surface area contributed by atoms with Gasteiger partial charge in [0.1, 0.15) is 11.6 Å². The maximum Gasteiger partial charge on any atom is 0.414 e. The molecule has 1 aliphatic heterocycles. The summed E-state index contributed by atoms with van der Waals surface area (Å²) in [6.07, 6.45) is -0.391. The Kier molecular flexibility index (Phi) is 4.88. The Labute approximate surface area is 183 Å².